The second kappa shape index (κ2) is 6.92. The van der Waals surface area contributed by atoms with Gasteiger partial charge in [0, 0.05) is 31.0 Å². The maximum Gasteiger partial charge on any atom is 0.231 e. The van der Waals surface area contributed by atoms with Crippen LogP contribution >= 0.6 is 0 Å². The van der Waals surface area contributed by atoms with Gasteiger partial charge in [0.25, 0.3) is 0 Å². The van der Waals surface area contributed by atoms with E-state index in [0.717, 1.165) is 16.5 Å². The molecular formula is C19H18N2O2. The van der Waals surface area contributed by atoms with Crippen LogP contribution in [-0.4, -0.2) is 16.4 Å². The van der Waals surface area contributed by atoms with Crippen molar-refractivity contribution in [2.24, 2.45) is 0 Å². The lowest BCUT2D eigenvalue weighted by atomic mass is 10.2. The van der Waals surface area contributed by atoms with Gasteiger partial charge in [0.2, 0.25) is 11.8 Å². The molecular weight excluding hydrogens is 288 g/mol. The zero-order valence-electron chi connectivity index (χ0n) is 12.7. The van der Waals surface area contributed by atoms with Gasteiger partial charge in [-0.2, -0.15) is 0 Å². The number of nitrogens with one attached hydrogen (secondary N) is 1. The van der Waals surface area contributed by atoms with E-state index in [4.69, 9.17) is 0 Å². The Morgan fingerprint density at radius 1 is 0.870 bits per heavy atom. The van der Waals surface area contributed by atoms with Gasteiger partial charge in [-0.3, -0.25) is 14.2 Å². The summed E-state index contributed by atoms with van der Waals surface area (Å²) in [7, 11) is 0. The van der Waals surface area contributed by atoms with Crippen LogP contribution in [0.15, 0.2) is 66.9 Å². The molecule has 1 amide bonds. The topological polar surface area (TPSA) is 51.1 Å². The first kappa shape index (κ1) is 15.0. The number of para-hydroxylation sites is 1. The second-order valence-electron chi connectivity index (χ2n) is 5.40. The Hall–Kier alpha value is -2.88. The molecule has 0 spiro atoms. The molecule has 0 bridgehead atoms. The van der Waals surface area contributed by atoms with E-state index in [1.54, 1.807) is 10.8 Å². The predicted molar refractivity (Wildman–Crippen MR) is 90.1 cm³/mol. The molecule has 0 aliphatic heterocycles. The Morgan fingerprint density at radius 2 is 1.61 bits per heavy atom. The average molecular weight is 306 g/mol. The van der Waals surface area contributed by atoms with E-state index in [-0.39, 0.29) is 24.7 Å². The van der Waals surface area contributed by atoms with Crippen LogP contribution in [0.5, 0.6) is 0 Å². The van der Waals surface area contributed by atoms with E-state index in [9.17, 15) is 9.59 Å². The van der Waals surface area contributed by atoms with Crippen molar-refractivity contribution in [3.05, 3.63) is 72.4 Å². The molecule has 1 aromatic heterocycles. The predicted octanol–water partition coefficient (Wildman–Crippen LogP) is 3.38. The number of aromatic nitrogens is 1. The number of nitrogens with zero attached hydrogens (tertiary/aromatic N) is 1. The highest BCUT2D eigenvalue weighted by molar-refractivity contribution is 5.93. The van der Waals surface area contributed by atoms with E-state index in [2.05, 4.69) is 5.32 Å². The number of rotatable bonds is 5. The molecule has 23 heavy (non-hydrogen) atoms. The summed E-state index contributed by atoms with van der Waals surface area (Å²) >= 11 is 0. The van der Waals surface area contributed by atoms with Gasteiger partial charge < -0.3 is 5.32 Å². The molecule has 0 saturated heterocycles. The van der Waals surface area contributed by atoms with E-state index in [1.165, 1.54) is 0 Å². The molecule has 4 heteroatoms. The molecule has 2 aromatic carbocycles. The highest BCUT2D eigenvalue weighted by atomic mass is 16.2. The number of fused-ring (bicyclic) bond motifs is 1. The third-order valence-corrected chi connectivity index (χ3v) is 3.77. The average Bonchev–Trinajstić information content (AvgIpc) is 3.03. The lowest BCUT2D eigenvalue weighted by molar-refractivity contribution is -0.121. The Labute approximate surface area is 134 Å². The fraction of sp³-hybridized carbons (Fsp3) is 0.158. The van der Waals surface area contributed by atoms with Crippen molar-refractivity contribution >= 4 is 22.7 Å². The molecule has 0 unspecified atom stereocenters. The van der Waals surface area contributed by atoms with Crippen LogP contribution in [0, 0.1) is 0 Å². The van der Waals surface area contributed by atoms with Crippen LogP contribution < -0.4 is 5.32 Å². The van der Waals surface area contributed by atoms with E-state index in [1.807, 2.05) is 60.7 Å². The Bertz CT molecular complexity index is 822. The zero-order chi connectivity index (χ0) is 16.1. The van der Waals surface area contributed by atoms with Crippen LogP contribution in [0.4, 0.5) is 0 Å². The first-order chi connectivity index (χ1) is 11.2. The van der Waals surface area contributed by atoms with Crippen LogP contribution in [0.2, 0.25) is 0 Å². The molecule has 3 rings (SSSR count). The summed E-state index contributed by atoms with van der Waals surface area (Å²) in [6.45, 7) is 0.486. The summed E-state index contributed by atoms with van der Waals surface area (Å²) in [5.41, 5.74) is 1.92. The van der Waals surface area contributed by atoms with Crippen molar-refractivity contribution in [2.45, 2.75) is 19.4 Å². The van der Waals surface area contributed by atoms with Gasteiger partial charge in [-0.05, 0) is 17.7 Å². The summed E-state index contributed by atoms with van der Waals surface area (Å²) in [6, 6.07) is 19.3. The molecule has 1 N–H and O–H groups in total. The fourth-order valence-corrected chi connectivity index (χ4v) is 2.53. The monoisotopic (exact) mass is 306 g/mol. The minimum atomic E-state index is -0.112. The SMILES string of the molecule is O=C(CCC(=O)n1ccc2ccccc21)NCc1ccccc1. The summed E-state index contributed by atoms with van der Waals surface area (Å²) in [5.74, 6) is -0.181. The highest BCUT2D eigenvalue weighted by Gasteiger charge is 2.11. The van der Waals surface area contributed by atoms with Gasteiger partial charge in [-0.1, -0.05) is 48.5 Å². The van der Waals surface area contributed by atoms with Gasteiger partial charge in [-0.15, -0.1) is 0 Å². The number of amides is 1. The normalized spacial score (nSPS) is 10.6. The third kappa shape index (κ3) is 3.66. The van der Waals surface area contributed by atoms with Crippen LogP contribution in [-0.2, 0) is 11.3 Å². The van der Waals surface area contributed by atoms with Crippen LogP contribution in [0.25, 0.3) is 10.9 Å². The van der Waals surface area contributed by atoms with Crippen LogP contribution in [0.1, 0.15) is 23.2 Å². The summed E-state index contributed by atoms with van der Waals surface area (Å²) in [6.07, 6.45) is 2.15. The van der Waals surface area contributed by atoms with Gasteiger partial charge >= 0.3 is 0 Å². The van der Waals surface area contributed by atoms with Crippen molar-refractivity contribution in [2.75, 3.05) is 0 Å². The van der Waals surface area contributed by atoms with E-state index in [0.29, 0.717) is 6.54 Å². The maximum absolute atomic E-state index is 12.3. The number of benzene rings is 2. The van der Waals surface area contributed by atoms with Gasteiger partial charge in [0.05, 0.1) is 5.52 Å². The van der Waals surface area contributed by atoms with Crippen molar-refractivity contribution in [3.63, 3.8) is 0 Å². The number of carbonyl (C=O) groups is 2. The Kier molecular flexibility index (Phi) is 4.52. The van der Waals surface area contributed by atoms with Gasteiger partial charge in [-0.25, -0.2) is 0 Å². The third-order valence-electron chi connectivity index (χ3n) is 3.77. The number of hydrogen-bond acceptors (Lipinski definition) is 2. The van der Waals surface area contributed by atoms with Gasteiger partial charge in [0.15, 0.2) is 0 Å². The standard InChI is InChI=1S/C19H18N2O2/c22-18(20-14-15-6-2-1-3-7-15)10-11-19(23)21-13-12-16-8-4-5-9-17(16)21/h1-9,12-13H,10-11,14H2,(H,20,22). The van der Waals surface area contributed by atoms with Crippen LogP contribution in [0.3, 0.4) is 0 Å². The molecule has 116 valence electrons. The number of carbonyl (C=O) groups excluding carboxylic acids is 2. The van der Waals surface area contributed by atoms with Crippen molar-refractivity contribution < 1.29 is 9.59 Å². The molecule has 4 nitrogen and oxygen atoms in total. The summed E-state index contributed by atoms with van der Waals surface area (Å²) < 4.78 is 1.61. The largest absolute Gasteiger partial charge is 0.352 e. The summed E-state index contributed by atoms with van der Waals surface area (Å²) in [4.78, 5) is 24.2. The van der Waals surface area contributed by atoms with Crippen molar-refractivity contribution in [1.29, 1.82) is 0 Å². The molecule has 0 atom stereocenters. The quantitative estimate of drug-likeness (QED) is 0.785. The molecule has 3 aromatic rings. The first-order valence-corrected chi connectivity index (χ1v) is 7.64. The smallest absolute Gasteiger partial charge is 0.231 e. The van der Waals surface area contributed by atoms with E-state index < -0.39 is 0 Å². The zero-order valence-corrected chi connectivity index (χ0v) is 12.7. The van der Waals surface area contributed by atoms with E-state index >= 15 is 0 Å². The molecule has 0 saturated carbocycles. The maximum atomic E-state index is 12.3. The lowest BCUT2D eigenvalue weighted by Gasteiger charge is -2.06. The minimum absolute atomic E-state index is 0.0685. The van der Waals surface area contributed by atoms with Crippen molar-refractivity contribution in [3.8, 4) is 0 Å². The molecule has 0 aliphatic rings. The lowest BCUT2D eigenvalue weighted by Crippen LogP contribution is -2.24. The summed E-state index contributed by atoms with van der Waals surface area (Å²) in [5, 5.41) is 3.86. The highest BCUT2D eigenvalue weighted by Crippen LogP contribution is 2.15. The Balaban J connectivity index is 1.53. The molecule has 1 heterocycles. The second-order valence-corrected chi connectivity index (χ2v) is 5.40. The fourth-order valence-electron chi connectivity index (χ4n) is 2.53. The minimum Gasteiger partial charge on any atom is -0.352 e. The molecule has 0 aliphatic carbocycles. The molecule has 0 radical (unpaired) electrons. The number of hydrogen-bond donors (Lipinski definition) is 1. The molecule has 0 fully saturated rings. The van der Waals surface area contributed by atoms with Crippen molar-refractivity contribution in [1.82, 2.24) is 9.88 Å². The Morgan fingerprint density at radius 3 is 2.43 bits per heavy atom. The van der Waals surface area contributed by atoms with Gasteiger partial charge in [0.1, 0.15) is 0 Å². The first-order valence-electron chi connectivity index (χ1n) is 7.64.